The van der Waals surface area contributed by atoms with Gasteiger partial charge in [-0.1, -0.05) is 13.8 Å². The van der Waals surface area contributed by atoms with Crippen LogP contribution in [-0.4, -0.2) is 48.4 Å². The molecule has 0 bridgehead atoms. The van der Waals surface area contributed by atoms with Gasteiger partial charge in [0.15, 0.2) is 5.76 Å². The summed E-state index contributed by atoms with van der Waals surface area (Å²) in [7, 11) is 0. The highest BCUT2D eigenvalue weighted by atomic mass is 16.5. The van der Waals surface area contributed by atoms with Gasteiger partial charge in [-0.2, -0.15) is 0 Å². The Morgan fingerprint density at radius 3 is 2.52 bits per heavy atom. The zero-order chi connectivity index (χ0) is 18.4. The third-order valence-corrected chi connectivity index (χ3v) is 4.39. The van der Waals surface area contributed by atoms with Gasteiger partial charge in [0.1, 0.15) is 6.04 Å². The summed E-state index contributed by atoms with van der Waals surface area (Å²) in [6.45, 7) is 6.90. The summed E-state index contributed by atoms with van der Waals surface area (Å²) >= 11 is 0. The molecule has 2 amide bonds. The van der Waals surface area contributed by atoms with Crippen LogP contribution in [-0.2, 0) is 14.3 Å². The molecule has 138 valence electrons. The van der Waals surface area contributed by atoms with Crippen molar-refractivity contribution in [2.45, 2.75) is 39.7 Å². The van der Waals surface area contributed by atoms with E-state index in [4.69, 9.17) is 9.15 Å². The number of carbonyl (C=O) groups is 3. The van der Waals surface area contributed by atoms with Crippen LogP contribution in [0, 0.1) is 11.8 Å². The molecule has 7 heteroatoms. The minimum atomic E-state index is -0.628. The van der Waals surface area contributed by atoms with Crippen LogP contribution in [0.5, 0.6) is 0 Å². The lowest BCUT2D eigenvalue weighted by atomic mass is 9.95. The zero-order valence-electron chi connectivity index (χ0n) is 15.0. The Kier molecular flexibility index (Phi) is 6.61. The second kappa shape index (κ2) is 8.69. The summed E-state index contributed by atoms with van der Waals surface area (Å²) in [4.78, 5) is 38.5. The molecular weight excluding hydrogens is 324 g/mol. The number of rotatable bonds is 6. The van der Waals surface area contributed by atoms with E-state index in [0.29, 0.717) is 32.5 Å². The number of carbonyl (C=O) groups excluding carboxylic acids is 3. The molecule has 0 aliphatic carbocycles. The highest BCUT2D eigenvalue weighted by Gasteiger charge is 2.33. The van der Waals surface area contributed by atoms with Crippen molar-refractivity contribution in [1.29, 1.82) is 0 Å². The highest BCUT2D eigenvalue weighted by molar-refractivity contribution is 5.95. The number of likely N-dealkylation sites (tertiary alicyclic amines) is 1. The Hall–Kier alpha value is -2.31. The number of furan rings is 1. The SMILES string of the molecule is CCOC(=O)C1CCN(C(=O)C(NC(=O)c2ccco2)C(C)C)CC1. The van der Waals surface area contributed by atoms with E-state index in [1.165, 1.54) is 6.26 Å². The highest BCUT2D eigenvalue weighted by Crippen LogP contribution is 2.20. The third kappa shape index (κ3) is 4.84. The van der Waals surface area contributed by atoms with Crippen molar-refractivity contribution in [1.82, 2.24) is 10.2 Å². The van der Waals surface area contributed by atoms with Crippen LogP contribution in [0.1, 0.15) is 44.2 Å². The number of hydrogen-bond donors (Lipinski definition) is 1. The minimum Gasteiger partial charge on any atom is -0.466 e. The molecule has 2 rings (SSSR count). The molecule has 1 atom stereocenters. The smallest absolute Gasteiger partial charge is 0.309 e. The predicted molar refractivity (Wildman–Crippen MR) is 90.7 cm³/mol. The van der Waals surface area contributed by atoms with E-state index in [2.05, 4.69) is 5.32 Å². The van der Waals surface area contributed by atoms with Gasteiger partial charge in [0.25, 0.3) is 5.91 Å². The van der Waals surface area contributed by atoms with Gasteiger partial charge in [-0.15, -0.1) is 0 Å². The van der Waals surface area contributed by atoms with Gasteiger partial charge in [-0.25, -0.2) is 0 Å². The molecule has 1 N–H and O–H groups in total. The molecule has 0 spiro atoms. The van der Waals surface area contributed by atoms with Crippen LogP contribution in [0.2, 0.25) is 0 Å². The fourth-order valence-electron chi connectivity index (χ4n) is 2.93. The standard InChI is InChI=1S/C18H26N2O5/c1-4-24-18(23)13-7-9-20(10-8-13)17(22)15(12(2)3)19-16(21)14-6-5-11-25-14/h5-6,11-13,15H,4,7-10H2,1-3H3,(H,19,21). The molecule has 1 unspecified atom stereocenters. The Balaban J connectivity index is 1.94. The molecule has 1 aliphatic rings. The second-order valence-corrected chi connectivity index (χ2v) is 6.52. The van der Waals surface area contributed by atoms with Crippen molar-refractivity contribution < 1.29 is 23.5 Å². The Bertz CT molecular complexity index is 589. The summed E-state index contributed by atoms with van der Waals surface area (Å²) in [5, 5.41) is 2.75. The number of amides is 2. The number of nitrogens with one attached hydrogen (secondary N) is 1. The third-order valence-electron chi connectivity index (χ3n) is 4.39. The van der Waals surface area contributed by atoms with Crippen molar-refractivity contribution in [2.75, 3.05) is 19.7 Å². The number of ether oxygens (including phenoxy) is 1. The van der Waals surface area contributed by atoms with E-state index in [0.717, 1.165) is 0 Å². The number of esters is 1. The molecule has 0 aromatic carbocycles. The average Bonchev–Trinajstić information content (AvgIpc) is 3.13. The molecule has 7 nitrogen and oxygen atoms in total. The zero-order valence-corrected chi connectivity index (χ0v) is 15.0. The molecule has 1 aliphatic heterocycles. The summed E-state index contributed by atoms with van der Waals surface area (Å²) in [6.07, 6.45) is 2.59. The Morgan fingerprint density at radius 2 is 2.00 bits per heavy atom. The van der Waals surface area contributed by atoms with Gasteiger partial charge in [-0.05, 0) is 37.8 Å². The molecule has 2 heterocycles. The van der Waals surface area contributed by atoms with Gasteiger partial charge in [-0.3, -0.25) is 14.4 Å². The van der Waals surface area contributed by atoms with Crippen molar-refractivity contribution >= 4 is 17.8 Å². The quantitative estimate of drug-likeness (QED) is 0.791. The van der Waals surface area contributed by atoms with Gasteiger partial charge in [0, 0.05) is 13.1 Å². The first-order valence-electron chi connectivity index (χ1n) is 8.73. The maximum atomic E-state index is 12.8. The monoisotopic (exact) mass is 350 g/mol. The van der Waals surface area contributed by atoms with Crippen molar-refractivity contribution in [3.8, 4) is 0 Å². The van der Waals surface area contributed by atoms with Gasteiger partial charge < -0.3 is 19.4 Å². The molecule has 25 heavy (non-hydrogen) atoms. The lowest BCUT2D eigenvalue weighted by molar-refractivity contribution is -0.151. The van der Waals surface area contributed by atoms with E-state index >= 15 is 0 Å². The van der Waals surface area contributed by atoms with E-state index < -0.39 is 11.9 Å². The summed E-state index contributed by atoms with van der Waals surface area (Å²) in [6, 6.07) is 2.56. The van der Waals surface area contributed by atoms with Crippen LogP contribution in [0.4, 0.5) is 0 Å². The average molecular weight is 350 g/mol. The van der Waals surface area contributed by atoms with Gasteiger partial charge in [0.2, 0.25) is 5.91 Å². The first-order chi connectivity index (χ1) is 11.9. The molecule has 0 saturated carbocycles. The summed E-state index contributed by atoms with van der Waals surface area (Å²) < 4.78 is 10.1. The number of piperidine rings is 1. The van der Waals surface area contributed by atoms with Crippen molar-refractivity contribution in [3.63, 3.8) is 0 Å². The van der Waals surface area contributed by atoms with Crippen LogP contribution >= 0.6 is 0 Å². The van der Waals surface area contributed by atoms with E-state index in [-0.39, 0.29) is 29.5 Å². The molecule has 1 saturated heterocycles. The van der Waals surface area contributed by atoms with Crippen LogP contribution in [0.25, 0.3) is 0 Å². The first kappa shape index (κ1) is 19.0. The maximum absolute atomic E-state index is 12.8. The topological polar surface area (TPSA) is 88.9 Å². The number of hydrogen-bond acceptors (Lipinski definition) is 5. The Labute approximate surface area is 147 Å². The minimum absolute atomic E-state index is 0.0609. The molecule has 1 fully saturated rings. The van der Waals surface area contributed by atoms with Gasteiger partial charge >= 0.3 is 5.97 Å². The second-order valence-electron chi connectivity index (χ2n) is 6.52. The molecular formula is C18H26N2O5. The normalized spacial score (nSPS) is 16.6. The maximum Gasteiger partial charge on any atom is 0.309 e. The molecule has 0 radical (unpaired) electrons. The molecule has 1 aromatic heterocycles. The lowest BCUT2D eigenvalue weighted by Crippen LogP contribution is -2.53. The summed E-state index contributed by atoms with van der Waals surface area (Å²) in [5.41, 5.74) is 0. The van der Waals surface area contributed by atoms with E-state index in [1.54, 1.807) is 24.0 Å². The van der Waals surface area contributed by atoms with E-state index in [1.807, 2.05) is 13.8 Å². The van der Waals surface area contributed by atoms with Crippen molar-refractivity contribution in [3.05, 3.63) is 24.2 Å². The molecule has 1 aromatic rings. The van der Waals surface area contributed by atoms with E-state index in [9.17, 15) is 14.4 Å². The summed E-state index contributed by atoms with van der Waals surface area (Å²) in [5.74, 6) is -0.760. The van der Waals surface area contributed by atoms with Crippen molar-refractivity contribution in [2.24, 2.45) is 11.8 Å². The Morgan fingerprint density at radius 1 is 1.32 bits per heavy atom. The van der Waals surface area contributed by atoms with Crippen LogP contribution in [0.3, 0.4) is 0 Å². The van der Waals surface area contributed by atoms with Crippen LogP contribution in [0.15, 0.2) is 22.8 Å². The first-order valence-corrected chi connectivity index (χ1v) is 8.73. The fourth-order valence-corrected chi connectivity index (χ4v) is 2.93. The van der Waals surface area contributed by atoms with Gasteiger partial charge in [0.05, 0.1) is 18.8 Å². The lowest BCUT2D eigenvalue weighted by Gasteiger charge is -2.34. The largest absolute Gasteiger partial charge is 0.466 e. The predicted octanol–water partition coefficient (Wildman–Crippen LogP) is 1.84. The number of nitrogens with zero attached hydrogens (tertiary/aromatic N) is 1. The van der Waals surface area contributed by atoms with Crippen LogP contribution < -0.4 is 5.32 Å². The fraction of sp³-hybridized carbons (Fsp3) is 0.611.